The number of carbonyl (C=O) groups excluding carboxylic acids is 2. The second-order valence-electron chi connectivity index (χ2n) is 8.14. The van der Waals surface area contributed by atoms with Gasteiger partial charge in [0.15, 0.2) is 0 Å². The van der Waals surface area contributed by atoms with E-state index < -0.39 is 28.0 Å². The lowest BCUT2D eigenvalue weighted by Gasteiger charge is -2.40. The van der Waals surface area contributed by atoms with Gasteiger partial charge in [0, 0.05) is 31.2 Å². The zero-order valence-corrected chi connectivity index (χ0v) is 18.5. The molecule has 2 aliphatic rings. The van der Waals surface area contributed by atoms with Crippen LogP contribution in [0.3, 0.4) is 0 Å². The van der Waals surface area contributed by atoms with E-state index in [4.69, 9.17) is 10.5 Å². The lowest BCUT2D eigenvalue weighted by Crippen LogP contribution is -2.55. The number of nitrogens with two attached hydrogens (primary N) is 1. The molecule has 2 amide bonds. The van der Waals surface area contributed by atoms with E-state index in [-0.39, 0.29) is 28.8 Å². The lowest BCUT2D eigenvalue weighted by atomic mass is 9.91. The van der Waals surface area contributed by atoms with Crippen molar-refractivity contribution in [2.24, 2.45) is 11.7 Å². The molecule has 4 rings (SSSR count). The molecule has 2 fully saturated rings. The van der Waals surface area contributed by atoms with Gasteiger partial charge in [-0.1, -0.05) is 6.07 Å². The van der Waals surface area contributed by atoms with Gasteiger partial charge in [-0.25, -0.2) is 8.42 Å². The van der Waals surface area contributed by atoms with Crippen molar-refractivity contribution in [2.45, 2.75) is 42.8 Å². The molecule has 2 aromatic rings. The number of primary amides is 1. The molecule has 0 aliphatic carbocycles. The quantitative estimate of drug-likeness (QED) is 0.593. The van der Waals surface area contributed by atoms with Crippen LogP contribution in [0, 0.1) is 5.92 Å². The highest BCUT2D eigenvalue weighted by molar-refractivity contribution is 7.89. The van der Waals surface area contributed by atoms with Gasteiger partial charge >= 0.3 is 0 Å². The molecule has 2 saturated heterocycles. The summed E-state index contributed by atoms with van der Waals surface area (Å²) >= 11 is 0. The summed E-state index contributed by atoms with van der Waals surface area (Å²) in [7, 11) is -2.52. The summed E-state index contributed by atoms with van der Waals surface area (Å²) < 4.78 is 34.3. The summed E-state index contributed by atoms with van der Waals surface area (Å²) in [5.41, 5.74) is 6.04. The average Bonchev–Trinajstić information content (AvgIpc) is 3.28. The molecule has 0 radical (unpaired) electrons. The van der Waals surface area contributed by atoms with E-state index in [2.05, 4.69) is 15.4 Å². The summed E-state index contributed by atoms with van der Waals surface area (Å²) in [6.07, 6.45) is 3.30. The molecule has 3 N–H and O–H groups in total. The van der Waals surface area contributed by atoms with Crippen LogP contribution in [0.25, 0.3) is 0 Å². The second-order valence-corrected chi connectivity index (χ2v) is 9.98. The number of benzene rings is 1. The normalized spacial score (nSPS) is 24.3. The first kappa shape index (κ1) is 22.4. The molecule has 1 aromatic heterocycles. The van der Waals surface area contributed by atoms with E-state index in [0.717, 1.165) is 6.42 Å². The van der Waals surface area contributed by atoms with E-state index in [0.29, 0.717) is 31.7 Å². The fourth-order valence-corrected chi connectivity index (χ4v) is 6.62. The van der Waals surface area contributed by atoms with Crippen molar-refractivity contribution in [1.82, 2.24) is 24.6 Å². The Hall–Kier alpha value is -2.83. The number of aromatic amines is 1. The standard InChI is InChI=1S/C20H26N6O5S/c1-31-12-14-10-25(11-15-9-22-24-23-15)20(28)18-7-3-6-17(14)26(18)32(29,30)16-5-2-4-13(8-16)19(21)27/h2,4-5,8-9,14,17-18H,3,6-7,10-12H2,1H3,(H2,21,27)(H,22,23,24)/t14-,17?,18?/m1/s1. The predicted molar refractivity (Wildman–Crippen MR) is 113 cm³/mol. The van der Waals surface area contributed by atoms with Crippen molar-refractivity contribution in [1.29, 1.82) is 0 Å². The van der Waals surface area contributed by atoms with E-state index in [1.165, 1.54) is 28.6 Å². The molecule has 0 saturated carbocycles. The molecule has 3 atom stereocenters. The first-order chi connectivity index (χ1) is 15.3. The van der Waals surface area contributed by atoms with Crippen LogP contribution < -0.4 is 5.73 Å². The number of hydrogen-bond acceptors (Lipinski definition) is 7. The van der Waals surface area contributed by atoms with Crippen LogP contribution in [-0.2, 0) is 26.1 Å². The van der Waals surface area contributed by atoms with Crippen LogP contribution in [-0.4, -0.2) is 77.2 Å². The van der Waals surface area contributed by atoms with Gasteiger partial charge < -0.3 is 15.4 Å². The Kier molecular flexibility index (Phi) is 6.26. The number of rotatable bonds is 7. The largest absolute Gasteiger partial charge is 0.384 e. The highest BCUT2D eigenvalue weighted by Crippen LogP contribution is 2.37. The third kappa shape index (κ3) is 4.12. The average molecular weight is 463 g/mol. The smallest absolute Gasteiger partial charge is 0.248 e. The molecule has 2 unspecified atom stereocenters. The maximum Gasteiger partial charge on any atom is 0.248 e. The number of nitrogens with one attached hydrogen (secondary N) is 1. The molecule has 12 heteroatoms. The number of piperidine rings is 1. The predicted octanol–water partition coefficient (Wildman–Crippen LogP) is 0.120. The molecule has 11 nitrogen and oxygen atoms in total. The van der Waals surface area contributed by atoms with Gasteiger partial charge in [0.05, 0.1) is 24.2 Å². The number of nitrogens with zero attached hydrogens (tertiary/aromatic N) is 4. The molecule has 2 aliphatic heterocycles. The number of methoxy groups -OCH3 is 1. The van der Waals surface area contributed by atoms with Crippen LogP contribution in [0.15, 0.2) is 35.4 Å². The van der Waals surface area contributed by atoms with Crippen molar-refractivity contribution in [3.05, 3.63) is 41.7 Å². The first-order valence-electron chi connectivity index (χ1n) is 10.4. The number of carbonyl (C=O) groups is 2. The summed E-state index contributed by atoms with van der Waals surface area (Å²) in [6, 6.07) is 4.37. The van der Waals surface area contributed by atoms with Gasteiger partial charge in [-0.05, 0) is 37.5 Å². The Labute approximate surface area is 185 Å². The van der Waals surface area contributed by atoms with Gasteiger partial charge in [-0.2, -0.15) is 19.7 Å². The number of fused-ring (bicyclic) bond motifs is 2. The minimum Gasteiger partial charge on any atom is -0.384 e. The summed E-state index contributed by atoms with van der Waals surface area (Å²) in [5.74, 6) is -1.22. The van der Waals surface area contributed by atoms with Crippen LogP contribution in [0.2, 0.25) is 0 Å². The zero-order valence-electron chi connectivity index (χ0n) is 17.7. The van der Waals surface area contributed by atoms with Gasteiger partial charge in [0.1, 0.15) is 11.7 Å². The Balaban J connectivity index is 1.76. The Morgan fingerprint density at radius 3 is 2.84 bits per heavy atom. The van der Waals surface area contributed by atoms with Gasteiger partial charge in [0.25, 0.3) is 0 Å². The van der Waals surface area contributed by atoms with Crippen molar-refractivity contribution in [3.63, 3.8) is 0 Å². The molecule has 3 heterocycles. The molecule has 32 heavy (non-hydrogen) atoms. The van der Waals surface area contributed by atoms with Gasteiger partial charge in [-0.15, -0.1) is 0 Å². The number of amides is 2. The second kappa shape index (κ2) is 8.96. The topological polar surface area (TPSA) is 152 Å². The highest BCUT2D eigenvalue weighted by Gasteiger charge is 2.50. The zero-order chi connectivity index (χ0) is 22.9. The number of aromatic nitrogens is 3. The SMILES string of the molecule is COC[C@H]1CN(Cc2cn[nH]n2)C(=O)C2CCCC1N2S(=O)(=O)c1cccc(C(N)=O)c1. The van der Waals surface area contributed by atoms with Crippen molar-refractivity contribution >= 4 is 21.8 Å². The van der Waals surface area contributed by atoms with Crippen molar-refractivity contribution in [3.8, 4) is 0 Å². The van der Waals surface area contributed by atoms with Crippen LogP contribution in [0.5, 0.6) is 0 Å². The van der Waals surface area contributed by atoms with Crippen LogP contribution in [0.4, 0.5) is 0 Å². The molecule has 0 spiro atoms. The minimum absolute atomic E-state index is 0.0559. The number of H-pyrrole nitrogens is 1. The molecule has 172 valence electrons. The minimum atomic E-state index is -4.08. The maximum atomic E-state index is 13.8. The van der Waals surface area contributed by atoms with E-state index >= 15 is 0 Å². The van der Waals surface area contributed by atoms with E-state index in [1.807, 2.05) is 0 Å². The van der Waals surface area contributed by atoms with Crippen molar-refractivity contribution < 1.29 is 22.7 Å². The Morgan fingerprint density at radius 1 is 1.34 bits per heavy atom. The fraction of sp³-hybridized carbons (Fsp3) is 0.500. The lowest BCUT2D eigenvalue weighted by molar-refractivity contribution is -0.135. The number of sulfonamides is 1. The highest BCUT2D eigenvalue weighted by atomic mass is 32.2. The summed E-state index contributed by atoms with van der Waals surface area (Å²) in [6.45, 7) is 0.866. The van der Waals surface area contributed by atoms with E-state index in [1.54, 1.807) is 18.2 Å². The third-order valence-corrected chi connectivity index (χ3v) is 8.03. The molecular weight excluding hydrogens is 436 g/mol. The first-order valence-corrected chi connectivity index (χ1v) is 11.8. The molecular formula is C20H26N6O5S. The fourth-order valence-electron chi connectivity index (χ4n) is 4.68. The summed E-state index contributed by atoms with van der Waals surface area (Å²) in [4.78, 5) is 26.7. The molecule has 2 bridgehead atoms. The number of hydrogen-bond donors (Lipinski definition) is 2. The van der Waals surface area contributed by atoms with Crippen molar-refractivity contribution in [2.75, 3.05) is 20.3 Å². The third-order valence-electron chi connectivity index (χ3n) is 6.10. The van der Waals surface area contributed by atoms with Gasteiger partial charge in [-0.3, -0.25) is 9.59 Å². The summed E-state index contributed by atoms with van der Waals surface area (Å²) in [5, 5.41) is 10.4. The monoisotopic (exact) mass is 462 g/mol. The van der Waals surface area contributed by atoms with Crippen LogP contribution in [0.1, 0.15) is 35.3 Å². The Morgan fingerprint density at radius 2 is 2.16 bits per heavy atom. The Bertz CT molecular complexity index is 1090. The van der Waals surface area contributed by atoms with Gasteiger partial charge in [0.2, 0.25) is 21.8 Å². The molecule has 1 aromatic carbocycles. The van der Waals surface area contributed by atoms with Crippen LogP contribution >= 0.6 is 0 Å². The number of ether oxygens (including phenoxy) is 1. The van der Waals surface area contributed by atoms with E-state index in [9.17, 15) is 18.0 Å². The maximum absolute atomic E-state index is 13.8.